The highest BCUT2D eigenvalue weighted by Gasteiger charge is 2.40. The van der Waals surface area contributed by atoms with E-state index in [0.717, 1.165) is 23.8 Å². The van der Waals surface area contributed by atoms with Gasteiger partial charge in [0, 0.05) is 18.3 Å². The molecule has 0 aliphatic carbocycles. The quantitative estimate of drug-likeness (QED) is 0.277. The Morgan fingerprint density at radius 2 is 1.95 bits per heavy atom. The van der Waals surface area contributed by atoms with Gasteiger partial charge in [0.2, 0.25) is 0 Å². The number of aliphatic imine (C=N–C) groups is 2. The SMILES string of the molecule is Cc1nsc(NC2=NCC(C(F)(F)F)N=C2)c1C(=O)Nc1ccc(F)c(OCCCNCCC(F)(F)F)c1. The molecule has 1 aliphatic heterocycles. The van der Waals surface area contributed by atoms with Crippen LogP contribution < -0.4 is 20.7 Å². The summed E-state index contributed by atoms with van der Waals surface area (Å²) in [6, 6.07) is 1.70. The number of amides is 1. The molecule has 16 heteroatoms. The minimum absolute atomic E-state index is 0.0217. The van der Waals surface area contributed by atoms with Crippen molar-refractivity contribution in [2.45, 2.75) is 38.2 Å². The molecule has 8 nitrogen and oxygen atoms in total. The molecule has 0 fully saturated rings. The molecule has 2 aromatic rings. The van der Waals surface area contributed by atoms with Gasteiger partial charge < -0.3 is 20.7 Å². The van der Waals surface area contributed by atoms with E-state index in [2.05, 4.69) is 30.3 Å². The van der Waals surface area contributed by atoms with Gasteiger partial charge in [0.1, 0.15) is 10.8 Å². The van der Waals surface area contributed by atoms with Crippen LogP contribution in [0.5, 0.6) is 5.75 Å². The van der Waals surface area contributed by atoms with E-state index in [4.69, 9.17) is 4.74 Å². The first-order chi connectivity index (χ1) is 17.8. The summed E-state index contributed by atoms with van der Waals surface area (Å²) >= 11 is 0.901. The number of anilines is 2. The number of nitrogens with one attached hydrogen (secondary N) is 3. The molecule has 0 saturated heterocycles. The minimum atomic E-state index is -4.51. The Morgan fingerprint density at radius 3 is 2.61 bits per heavy atom. The van der Waals surface area contributed by atoms with Crippen molar-refractivity contribution >= 4 is 40.2 Å². The van der Waals surface area contributed by atoms with E-state index >= 15 is 0 Å². The van der Waals surface area contributed by atoms with E-state index in [-0.39, 0.29) is 47.5 Å². The Balaban J connectivity index is 1.56. The Morgan fingerprint density at radius 1 is 1.18 bits per heavy atom. The van der Waals surface area contributed by atoms with Crippen molar-refractivity contribution in [3.05, 3.63) is 35.3 Å². The van der Waals surface area contributed by atoms with Crippen molar-refractivity contribution in [3.63, 3.8) is 0 Å². The van der Waals surface area contributed by atoms with Gasteiger partial charge in [-0.05, 0) is 43.6 Å². The number of ether oxygens (including phenoxy) is 1. The molecular weight excluding hydrogens is 545 g/mol. The largest absolute Gasteiger partial charge is 0.490 e. The van der Waals surface area contributed by atoms with E-state index in [1.165, 1.54) is 12.1 Å². The van der Waals surface area contributed by atoms with E-state index in [1.807, 2.05) is 0 Å². The normalized spacial score (nSPS) is 15.8. The number of alkyl halides is 6. The zero-order chi connectivity index (χ0) is 27.9. The van der Waals surface area contributed by atoms with Crippen molar-refractivity contribution in [2.75, 3.05) is 36.9 Å². The van der Waals surface area contributed by atoms with Crippen LogP contribution >= 0.6 is 11.5 Å². The average molecular weight is 569 g/mol. The molecule has 0 bridgehead atoms. The van der Waals surface area contributed by atoms with Gasteiger partial charge in [0.25, 0.3) is 5.91 Å². The summed E-state index contributed by atoms with van der Waals surface area (Å²) in [4.78, 5) is 20.2. The van der Waals surface area contributed by atoms with Crippen LogP contribution in [0.2, 0.25) is 0 Å². The predicted octanol–water partition coefficient (Wildman–Crippen LogP) is 4.98. The number of hydrogen-bond donors (Lipinski definition) is 3. The summed E-state index contributed by atoms with van der Waals surface area (Å²) < 4.78 is 98.3. The van der Waals surface area contributed by atoms with Crippen molar-refractivity contribution < 1.29 is 40.3 Å². The fraction of sp³-hybridized carbons (Fsp3) is 0.455. The third-order valence-electron chi connectivity index (χ3n) is 5.05. The molecule has 0 radical (unpaired) electrons. The topological polar surface area (TPSA) is 100 Å². The highest BCUT2D eigenvalue weighted by molar-refractivity contribution is 7.11. The molecule has 2 heterocycles. The molecule has 1 unspecified atom stereocenters. The molecule has 1 aromatic carbocycles. The average Bonchev–Trinajstić information content (AvgIpc) is 3.19. The van der Waals surface area contributed by atoms with Crippen LogP contribution in [0.4, 0.5) is 41.4 Å². The van der Waals surface area contributed by atoms with E-state index < -0.39 is 43.1 Å². The zero-order valence-corrected chi connectivity index (χ0v) is 20.7. The minimum Gasteiger partial charge on any atom is -0.490 e. The lowest BCUT2D eigenvalue weighted by Gasteiger charge is -2.18. The number of aryl methyl sites for hydroxylation is 1. The number of halogens is 7. The Bertz CT molecular complexity index is 1180. The maximum absolute atomic E-state index is 14.1. The third-order valence-corrected chi connectivity index (χ3v) is 5.90. The van der Waals surface area contributed by atoms with Crippen molar-refractivity contribution in [2.24, 2.45) is 9.98 Å². The van der Waals surface area contributed by atoms with Gasteiger partial charge in [-0.25, -0.2) is 4.39 Å². The summed E-state index contributed by atoms with van der Waals surface area (Å²) in [5.41, 5.74) is 0.643. The molecule has 208 valence electrons. The number of hydrogen-bond acceptors (Lipinski definition) is 8. The van der Waals surface area contributed by atoms with Crippen LogP contribution in [0.15, 0.2) is 28.2 Å². The summed E-state index contributed by atoms with van der Waals surface area (Å²) in [6.45, 7) is 0.995. The van der Waals surface area contributed by atoms with Gasteiger partial charge in [-0.3, -0.25) is 14.8 Å². The molecule has 3 N–H and O–H groups in total. The number of aromatic nitrogens is 1. The van der Waals surface area contributed by atoms with Crippen LogP contribution in [-0.4, -0.2) is 67.0 Å². The lowest BCUT2D eigenvalue weighted by atomic mass is 10.2. The van der Waals surface area contributed by atoms with Gasteiger partial charge in [0.15, 0.2) is 17.6 Å². The summed E-state index contributed by atoms with van der Waals surface area (Å²) in [7, 11) is 0. The fourth-order valence-electron chi connectivity index (χ4n) is 3.15. The molecule has 1 atom stereocenters. The van der Waals surface area contributed by atoms with E-state index in [9.17, 15) is 35.5 Å². The lowest BCUT2D eigenvalue weighted by molar-refractivity contribution is -0.144. The van der Waals surface area contributed by atoms with Crippen molar-refractivity contribution in [1.82, 2.24) is 9.69 Å². The number of benzene rings is 1. The summed E-state index contributed by atoms with van der Waals surface area (Å²) in [6.07, 6.45) is -8.46. The van der Waals surface area contributed by atoms with Crippen LogP contribution in [0.3, 0.4) is 0 Å². The maximum Gasteiger partial charge on any atom is 0.412 e. The fourth-order valence-corrected chi connectivity index (χ4v) is 3.95. The second-order valence-electron chi connectivity index (χ2n) is 8.08. The van der Waals surface area contributed by atoms with Crippen LogP contribution in [0.1, 0.15) is 28.9 Å². The third kappa shape index (κ3) is 8.65. The van der Waals surface area contributed by atoms with Crippen LogP contribution in [-0.2, 0) is 0 Å². The Labute approximate surface area is 216 Å². The number of nitrogens with zero attached hydrogens (tertiary/aromatic N) is 3. The molecule has 1 amide bonds. The van der Waals surface area contributed by atoms with Crippen molar-refractivity contribution in [3.8, 4) is 5.75 Å². The lowest BCUT2D eigenvalue weighted by Crippen LogP contribution is -2.34. The predicted molar refractivity (Wildman–Crippen MR) is 129 cm³/mol. The molecule has 1 aromatic heterocycles. The second-order valence-corrected chi connectivity index (χ2v) is 8.85. The molecule has 1 aliphatic rings. The first-order valence-corrected chi connectivity index (χ1v) is 12.0. The summed E-state index contributed by atoms with van der Waals surface area (Å²) in [5.74, 6) is -1.45. The molecule has 38 heavy (non-hydrogen) atoms. The number of amidine groups is 1. The monoisotopic (exact) mass is 568 g/mol. The number of carbonyl (C=O) groups is 1. The Hall–Kier alpha value is -3.27. The van der Waals surface area contributed by atoms with E-state index in [0.29, 0.717) is 12.1 Å². The van der Waals surface area contributed by atoms with Gasteiger partial charge in [-0.2, -0.15) is 30.7 Å². The molecule has 0 spiro atoms. The summed E-state index contributed by atoms with van der Waals surface area (Å²) in [5, 5.41) is 8.20. The van der Waals surface area contributed by atoms with Gasteiger partial charge >= 0.3 is 12.4 Å². The van der Waals surface area contributed by atoms with Crippen molar-refractivity contribution in [1.29, 1.82) is 0 Å². The maximum atomic E-state index is 14.1. The smallest absolute Gasteiger partial charge is 0.412 e. The van der Waals surface area contributed by atoms with Gasteiger partial charge in [-0.1, -0.05) is 0 Å². The molecular formula is C22H23F7N6O2S. The zero-order valence-electron chi connectivity index (χ0n) is 19.8. The second kappa shape index (κ2) is 12.5. The van der Waals surface area contributed by atoms with Gasteiger partial charge in [-0.15, -0.1) is 0 Å². The number of carbonyl (C=O) groups excluding carboxylic acids is 1. The van der Waals surface area contributed by atoms with Crippen LogP contribution in [0.25, 0.3) is 0 Å². The highest BCUT2D eigenvalue weighted by atomic mass is 32.1. The van der Waals surface area contributed by atoms with Gasteiger partial charge in [0.05, 0.1) is 37.0 Å². The molecule has 3 rings (SSSR count). The standard InChI is InChI=1S/C22H23F7N6O2S/c1-12-18(20(38-35-12)34-17-11-31-16(10-32-17)22(27,28)29)19(36)33-13-3-4-14(23)15(9-13)37-8-2-6-30-7-5-21(24,25)26/h3-4,9,11,16,30H,2,5-8,10H2,1H3,(H,32,34)(H,33,36). The number of rotatable bonds is 10. The van der Waals surface area contributed by atoms with Crippen LogP contribution in [0, 0.1) is 12.7 Å². The highest BCUT2D eigenvalue weighted by Crippen LogP contribution is 2.29. The first-order valence-electron chi connectivity index (χ1n) is 11.2. The first kappa shape index (κ1) is 29.3. The Kier molecular flexibility index (Phi) is 9.65. The molecule has 0 saturated carbocycles. The van der Waals surface area contributed by atoms with E-state index in [1.54, 1.807) is 6.92 Å².